The van der Waals surface area contributed by atoms with E-state index in [2.05, 4.69) is 9.97 Å². The molecule has 1 unspecified atom stereocenters. The van der Waals surface area contributed by atoms with Gasteiger partial charge in [-0.2, -0.15) is 0 Å². The maximum atomic E-state index is 12.3. The third kappa shape index (κ3) is 3.01. The van der Waals surface area contributed by atoms with Crippen LogP contribution in [-0.2, 0) is 6.42 Å². The van der Waals surface area contributed by atoms with Gasteiger partial charge in [0.25, 0.3) is 5.91 Å². The lowest BCUT2D eigenvalue weighted by Crippen LogP contribution is -2.40. The Balaban J connectivity index is 1.63. The molecule has 0 spiro atoms. The van der Waals surface area contributed by atoms with E-state index in [1.165, 1.54) is 22.8 Å². The minimum Gasteiger partial charge on any atom is -0.338 e. The largest absolute Gasteiger partial charge is 0.338 e. The SMILES string of the molecule is O=C(c1cncs1)N1CCCC(Cc2nccs2)C1. The van der Waals surface area contributed by atoms with E-state index in [1.54, 1.807) is 23.0 Å². The molecule has 19 heavy (non-hydrogen) atoms. The van der Waals surface area contributed by atoms with E-state index < -0.39 is 0 Å². The summed E-state index contributed by atoms with van der Waals surface area (Å²) in [6.45, 7) is 1.71. The van der Waals surface area contributed by atoms with E-state index in [-0.39, 0.29) is 5.91 Å². The number of rotatable bonds is 3. The van der Waals surface area contributed by atoms with Gasteiger partial charge in [0.2, 0.25) is 0 Å². The van der Waals surface area contributed by atoms with Gasteiger partial charge in [-0.3, -0.25) is 9.78 Å². The highest BCUT2D eigenvalue weighted by atomic mass is 32.1. The normalized spacial score (nSPS) is 19.6. The maximum Gasteiger partial charge on any atom is 0.265 e. The molecular formula is C13H15N3OS2. The number of hydrogen-bond donors (Lipinski definition) is 0. The number of thiazole rings is 2. The minimum absolute atomic E-state index is 0.131. The van der Waals surface area contributed by atoms with Crippen molar-refractivity contribution < 1.29 is 4.79 Å². The molecule has 2 aromatic heterocycles. The molecular weight excluding hydrogens is 278 g/mol. The molecule has 2 aromatic rings. The van der Waals surface area contributed by atoms with Gasteiger partial charge in [0.15, 0.2) is 0 Å². The summed E-state index contributed by atoms with van der Waals surface area (Å²) in [6.07, 6.45) is 6.78. The lowest BCUT2D eigenvalue weighted by molar-refractivity contribution is 0.0678. The number of aromatic nitrogens is 2. The first kappa shape index (κ1) is 12.7. The summed E-state index contributed by atoms with van der Waals surface area (Å²) in [5.74, 6) is 0.670. The lowest BCUT2D eigenvalue weighted by atomic mass is 9.95. The Bertz CT molecular complexity index is 524. The summed E-state index contributed by atoms with van der Waals surface area (Å²) in [4.78, 5) is 23.3. The van der Waals surface area contributed by atoms with Gasteiger partial charge in [0.1, 0.15) is 4.88 Å². The number of likely N-dealkylation sites (tertiary alicyclic amines) is 1. The molecule has 0 aliphatic carbocycles. The van der Waals surface area contributed by atoms with Crippen molar-refractivity contribution in [3.05, 3.63) is 33.2 Å². The van der Waals surface area contributed by atoms with Gasteiger partial charge in [0.05, 0.1) is 16.7 Å². The van der Waals surface area contributed by atoms with Gasteiger partial charge in [-0.25, -0.2) is 4.98 Å². The summed E-state index contributed by atoms with van der Waals surface area (Å²) in [5.41, 5.74) is 1.71. The van der Waals surface area contributed by atoms with E-state index in [4.69, 9.17) is 0 Å². The van der Waals surface area contributed by atoms with Gasteiger partial charge >= 0.3 is 0 Å². The topological polar surface area (TPSA) is 46.1 Å². The van der Waals surface area contributed by atoms with E-state index in [0.29, 0.717) is 5.92 Å². The molecule has 1 fully saturated rings. The van der Waals surface area contributed by atoms with Crippen LogP contribution in [0.25, 0.3) is 0 Å². The van der Waals surface area contributed by atoms with Gasteiger partial charge in [-0.15, -0.1) is 22.7 Å². The van der Waals surface area contributed by atoms with Crippen LogP contribution in [-0.4, -0.2) is 33.9 Å². The van der Waals surface area contributed by atoms with Gasteiger partial charge in [-0.1, -0.05) is 0 Å². The summed E-state index contributed by atoms with van der Waals surface area (Å²) in [5, 5.41) is 3.19. The molecule has 4 nitrogen and oxygen atoms in total. The number of piperidine rings is 1. The molecule has 100 valence electrons. The molecule has 1 saturated heterocycles. The summed E-state index contributed by atoms with van der Waals surface area (Å²) in [7, 11) is 0. The zero-order chi connectivity index (χ0) is 13.1. The van der Waals surface area contributed by atoms with Crippen LogP contribution in [0.15, 0.2) is 23.3 Å². The van der Waals surface area contributed by atoms with Crippen molar-refractivity contribution in [3.63, 3.8) is 0 Å². The van der Waals surface area contributed by atoms with Crippen molar-refractivity contribution >= 4 is 28.6 Å². The van der Waals surface area contributed by atoms with Crippen molar-refractivity contribution in [2.24, 2.45) is 5.92 Å². The number of carbonyl (C=O) groups is 1. The van der Waals surface area contributed by atoms with Crippen LogP contribution in [0.3, 0.4) is 0 Å². The van der Waals surface area contributed by atoms with Crippen LogP contribution in [0.1, 0.15) is 27.5 Å². The van der Waals surface area contributed by atoms with Crippen molar-refractivity contribution in [3.8, 4) is 0 Å². The third-order valence-corrected chi connectivity index (χ3v) is 4.96. The fourth-order valence-electron chi connectivity index (χ4n) is 2.49. The van der Waals surface area contributed by atoms with Crippen molar-refractivity contribution in [2.75, 3.05) is 13.1 Å². The number of nitrogens with zero attached hydrogens (tertiary/aromatic N) is 3. The number of hydrogen-bond acceptors (Lipinski definition) is 5. The van der Waals surface area contributed by atoms with E-state index in [0.717, 1.165) is 30.8 Å². The van der Waals surface area contributed by atoms with Crippen LogP contribution in [0.4, 0.5) is 0 Å². The molecule has 6 heteroatoms. The van der Waals surface area contributed by atoms with Gasteiger partial charge < -0.3 is 4.90 Å². The Hall–Kier alpha value is -1.27. The third-order valence-electron chi connectivity index (χ3n) is 3.40. The smallest absolute Gasteiger partial charge is 0.265 e. The van der Waals surface area contributed by atoms with E-state index in [9.17, 15) is 4.79 Å². The van der Waals surface area contributed by atoms with Crippen LogP contribution in [0, 0.1) is 5.92 Å². The predicted octanol–water partition coefficient (Wildman–Crippen LogP) is 2.69. The van der Waals surface area contributed by atoms with Crippen LogP contribution >= 0.6 is 22.7 Å². The summed E-state index contributed by atoms with van der Waals surface area (Å²) >= 11 is 3.12. The molecule has 0 aromatic carbocycles. The van der Waals surface area contributed by atoms with Crippen LogP contribution in [0.5, 0.6) is 0 Å². The summed E-state index contributed by atoms with van der Waals surface area (Å²) < 4.78 is 0. The fourth-order valence-corrected chi connectivity index (χ4v) is 3.81. The lowest BCUT2D eigenvalue weighted by Gasteiger charge is -2.32. The predicted molar refractivity (Wildman–Crippen MR) is 76.6 cm³/mol. The molecule has 1 aliphatic rings. The highest BCUT2D eigenvalue weighted by molar-refractivity contribution is 7.11. The van der Waals surface area contributed by atoms with Crippen molar-refractivity contribution in [2.45, 2.75) is 19.3 Å². The van der Waals surface area contributed by atoms with E-state index in [1.807, 2.05) is 16.5 Å². The standard InChI is InChI=1S/C13H15N3OS2/c17-13(11-7-14-9-19-11)16-4-1-2-10(8-16)6-12-15-3-5-18-12/h3,5,7,9-10H,1-2,4,6,8H2. The Labute approximate surface area is 120 Å². The average molecular weight is 293 g/mol. The molecule has 0 saturated carbocycles. The summed E-state index contributed by atoms with van der Waals surface area (Å²) in [6, 6.07) is 0. The monoisotopic (exact) mass is 293 g/mol. The first-order valence-electron chi connectivity index (χ1n) is 6.39. The second-order valence-corrected chi connectivity index (χ2v) is 6.62. The Morgan fingerprint density at radius 1 is 1.47 bits per heavy atom. The Kier molecular flexibility index (Phi) is 3.89. The second-order valence-electron chi connectivity index (χ2n) is 4.76. The quantitative estimate of drug-likeness (QED) is 0.874. The zero-order valence-corrected chi connectivity index (χ0v) is 12.1. The molecule has 0 bridgehead atoms. The second kappa shape index (κ2) is 5.79. The molecule has 1 atom stereocenters. The fraction of sp³-hybridized carbons (Fsp3) is 0.462. The van der Waals surface area contributed by atoms with Gasteiger partial charge in [-0.05, 0) is 18.8 Å². The van der Waals surface area contributed by atoms with Crippen molar-refractivity contribution in [1.29, 1.82) is 0 Å². The molecule has 1 amide bonds. The van der Waals surface area contributed by atoms with Crippen molar-refractivity contribution in [1.82, 2.24) is 14.9 Å². The minimum atomic E-state index is 0.131. The molecule has 3 heterocycles. The molecule has 1 aliphatic heterocycles. The van der Waals surface area contributed by atoms with Crippen LogP contribution < -0.4 is 0 Å². The number of amides is 1. The zero-order valence-electron chi connectivity index (χ0n) is 10.5. The average Bonchev–Trinajstić information content (AvgIpc) is 3.11. The highest BCUT2D eigenvalue weighted by Gasteiger charge is 2.25. The Morgan fingerprint density at radius 2 is 2.42 bits per heavy atom. The first-order chi connectivity index (χ1) is 9.33. The van der Waals surface area contributed by atoms with Crippen LogP contribution in [0.2, 0.25) is 0 Å². The maximum absolute atomic E-state index is 12.3. The molecule has 0 radical (unpaired) electrons. The molecule has 0 N–H and O–H groups in total. The highest BCUT2D eigenvalue weighted by Crippen LogP contribution is 2.23. The first-order valence-corrected chi connectivity index (χ1v) is 8.15. The van der Waals surface area contributed by atoms with E-state index >= 15 is 0 Å². The molecule has 3 rings (SSSR count). The number of carbonyl (C=O) groups excluding carboxylic acids is 1. The van der Waals surface area contributed by atoms with Gasteiger partial charge in [0, 0.05) is 31.1 Å². The Morgan fingerprint density at radius 3 is 3.16 bits per heavy atom.